The monoisotopic (exact) mass is 396 g/mol. The average Bonchev–Trinajstić information content (AvgIpc) is 3.35. The molecule has 2 fully saturated rings. The highest BCUT2D eigenvalue weighted by molar-refractivity contribution is 6.07. The van der Waals surface area contributed by atoms with Gasteiger partial charge >= 0.3 is 0 Å². The molecule has 0 spiro atoms. The molecule has 154 valence electrons. The zero-order valence-corrected chi connectivity index (χ0v) is 16.8. The van der Waals surface area contributed by atoms with Crippen molar-refractivity contribution in [3.05, 3.63) is 35.0 Å². The number of aromatic nitrogens is 1. The first kappa shape index (κ1) is 18.6. The Hall–Kier alpha value is -2.38. The Balaban J connectivity index is 1.24. The molecule has 1 aliphatic carbocycles. The number of carbonyl (C=O) groups excluding carboxylic acids is 2. The summed E-state index contributed by atoms with van der Waals surface area (Å²) in [6.45, 7) is 5.85. The fraction of sp³-hybridized carbons (Fsp3) is 0.545. The molecule has 2 amide bonds. The molecular weight excluding hydrogens is 368 g/mol. The molecule has 3 aliphatic rings. The molecule has 1 aromatic heterocycles. The highest BCUT2D eigenvalue weighted by Gasteiger charge is 2.28. The topological polar surface area (TPSA) is 68.9 Å². The largest absolute Gasteiger partial charge is 0.379 e. The molecule has 2 aromatic rings. The van der Waals surface area contributed by atoms with Gasteiger partial charge in [-0.25, -0.2) is 0 Å². The van der Waals surface area contributed by atoms with Crippen LogP contribution in [0, 0.1) is 0 Å². The van der Waals surface area contributed by atoms with Crippen molar-refractivity contribution in [3.63, 3.8) is 0 Å². The van der Waals surface area contributed by atoms with Crippen LogP contribution < -0.4 is 0 Å². The Labute approximate surface area is 170 Å². The molecule has 7 nitrogen and oxygen atoms in total. The van der Waals surface area contributed by atoms with Crippen LogP contribution in [0.4, 0.5) is 0 Å². The van der Waals surface area contributed by atoms with Gasteiger partial charge in [0.25, 0.3) is 5.91 Å². The fourth-order valence-electron chi connectivity index (χ4n) is 4.83. The van der Waals surface area contributed by atoms with Gasteiger partial charge in [-0.1, -0.05) is 12.1 Å². The summed E-state index contributed by atoms with van der Waals surface area (Å²) < 4.78 is 5.35. The molecule has 0 bridgehead atoms. The Bertz CT molecular complexity index is 924. The van der Waals surface area contributed by atoms with Gasteiger partial charge in [0.2, 0.25) is 5.91 Å². The predicted octanol–water partition coefficient (Wildman–Crippen LogP) is 1.27. The summed E-state index contributed by atoms with van der Waals surface area (Å²) in [6.07, 6.45) is 3.36. The number of benzene rings is 1. The van der Waals surface area contributed by atoms with Gasteiger partial charge in [-0.3, -0.25) is 14.5 Å². The minimum absolute atomic E-state index is 0.0656. The highest BCUT2D eigenvalue weighted by Crippen LogP contribution is 2.32. The second-order valence-corrected chi connectivity index (χ2v) is 8.23. The van der Waals surface area contributed by atoms with E-state index in [2.05, 4.69) is 16.0 Å². The number of hydrogen-bond donors (Lipinski definition) is 1. The molecule has 1 aromatic carbocycles. The third-order valence-corrected chi connectivity index (χ3v) is 6.50. The molecule has 29 heavy (non-hydrogen) atoms. The lowest BCUT2D eigenvalue weighted by Crippen LogP contribution is -2.53. The fourth-order valence-corrected chi connectivity index (χ4v) is 4.83. The van der Waals surface area contributed by atoms with E-state index in [0.29, 0.717) is 45.9 Å². The number of para-hydroxylation sites is 1. The number of morpholine rings is 1. The van der Waals surface area contributed by atoms with Crippen LogP contribution in [-0.2, 0) is 22.4 Å². The zero-order valence-electron chi connectivity index (χ0n) is 16.8. The van der Waals surface area contributed by atoms with Gasteiger partial charge in [0.05, 0.1) is 30.8 Å². The lowest BCUT2D eigenvalue weighted by molar-refractivity contribution is -0.134. The Morgan fingerprint density at radius 1 is 0.966 bits per heavy atom. The number of nitrogens with zero attached hydrogens (tertiary/aromatic N) is 3. The maximum absolute atomic E-state index is 13.2. The number of rotatable bonds is 3. The van der Waals surface area contributed by atoms with Crippen molar-refractivity contribution < 1.29 is 14.3 Å². The highest BCUT2D eigenvalue weighted by atomic mass is 16.5. The second-order valence-electron chi connectivity index (χ2n) is 8.23. The molecule has 0 saturated carbocycles. The molecule has 2 aliphatic heterocycles. The van der Waals surface area contributed by atoms with E-state index >= 15 is 0 Å². The van der Waals surface area contributed by atoms with Crippen LogP contribution in [0.15, 0.2) is 18.2 Å². The smallest absolute Gasteiger partial charge is 0.256 e. The second kappa shape index (κ2) is 7.80. The standard InChI is InChI=1S/C22H28N4O3/c27-20(15-24-11-13-29-14-12-24)25-7-9-26(10-8-25)22(28)18-5-1-4-17-16-3-2-6-19(16)23-21(17)18/h1,4-5,23H,2-3,6-15H2. The molecule has 1 N–H and O–H groups in total. The summed E-state index contributed by atoms with van der Waals surface area (Å²) in [5.41, 5.74) is 4.41. The number of H-pyrrole nitrogens is 1. The van der Waals surface area contributed by atoms with Gasteiger partial charge in [-0.15, -0.1) is 0 Å². The minimum atomic E-state index is 0.0656. The minimum Gasteiger partial charge on any atom is -0.379 e. The van der Waals surface area contributed by atoms with Gasteiger partial charge < -0.3 is 19.5 Å². The number of aryl methyl sites for hydroxylation is 2. The zero-order chi connectivity index (χ0) is 19.8. The number of hydrogen-bond acceptors (Lipinski definition) is 4. The summed E-state index contributed by atoms with van der Waals surface area (Å²) in [5, 5.41) is 1.20. The molecular formula is C22H28N4O3. The number of carbonyl (C=O) groups is 2. The number of nitrogens with one attached hydrogen (secondary N) is 1. The van der Waals surface area contributed by atoms with E-state index in [1.165, 1.54) is 23.1 Å². The average molecular weight is 396 g/mol. The predicted molar refractivity (Wildman–Crippen MR) is 110 cm³/mol. The number of ether oxygens (including phenoxy) is 1. The van der Waals surface area contributed by atoms with Crippen LogP contribution >= 0.6 is 0 Å². The third-order valence-electron chi connectivity index (χ3n) is 6.50. The molecule has 2 saturated heterocycles. The lowest BCUT2D eigenvalue weighted by Gasteiger charge is -2.36. The van der Waals surface area contributed by atoms with Gasteiger partial charge in [0.1, 0.15) is 0 Å². The first-order valence-corrected chi connectivity index (χ1v) is 10.7. The Morgan fingerprint density at radius 2 is 1.72 bits per heavy atom. The van der Waals surface area contributed by atoms with E-state index in [9.17, 15) is 9.59 Å². The maximum Gasteiger partial charge on any atom is 0.256 e. The van der Waals surface area contributed by atoms with Crippen molar-refractivity contribution in [2.24, 2.45) is 0 Å². The van der Waals surface area contributed by atoms with E-state index in [1.54, 1.807) is 0 Å². The van der Waals surface area contributed by atoms with Crippen LogP contribution in [-0.4, -0.2) is 90.5 Å². The number of piperazine rings is 1. The van der Waals surface area contributed by atoms with E-state index in [0.717, 1.165) is 37.0 Å². The van der Waals surface area contributed by atoms with Gasteiger partial charge in [-0.05, 0) is 30.9 Å². The molecule has 0 unspecified atom stereocenters. The number of aromatic amines is 1. The van der Waals surface area contributed by atoms with Crippen LogP contribution in [0.2, 0.25) is 0 Å². The van der Waals surface area contributed by atoms with Gasteiger partial charge in [-0.2, -0.15) is 0 Å². The van der Waals surface area contributed by atoms with Gasteiger partial charge in [0.15, 0.2) is 0 Å². The van der Waals surface area contributed by atoms with Crippen LogP contribution in [0.25, 0.3) is 10.9 Å². The maximum atomic E-state index is 13.2. The molecule has 3 heterocycles. The van der Waals surface area contributed by atoms with Crippen molar-refractivity contribution in [2.45, 2.75) is 19.3 Å². The van der Waals surface area contributed by atoms with E-state index < -0.39 is 0 Å². The van der Waals surface area contributed by atoms with Crippen LogP contribution in [0.1, 0.15) is 28.0 Å². The summed E-state index contributed by atoms with van der Waals surface area (Å²) in [5.74, 6) is 0.220. The van der Waals surface area contributed by atoms with Crippen molar-refractivity contribution in [1.29, 1.82) is 0 Å². The quantitative estimate of drug-likeness (QED) is 0.849. The summed E-state index contributed by atoms with van der Waals surface area (Å²) in [6, 6.07) is 6.03. The molecule has 0 atom stereocenters. The number of fused-ring (bicyclic) bond motifs is 3. The summed E-state index contributed by atoms with van der Waals surface area (Å²) in [4.78, 5) is 35.3. The van der Waals surface area contributed by atoms with E-state index in [-0.39, 0.29) is 11.8 Å². The van der Waals surface area contributed by atoms with Crippen LogP contribution in [0.3, 0.4) is 0 Å². The van der Waals surface area contributed by atoms with Crippen molar-refractivity contribution in [2.75, 3.05) is 59.0 Å². The first-order valence-electron chi connectivity index (χ1n) is 10.7. The van der Waals surface area contributed by atoms with E-state index in [1.807, 2.05) is 21.9 Å². The molecule has 0 radical (unpaired) electrons. The summed E-state index contributed by atoms with van der Waals surface area (Å²) in [7, 11) is 0. The summed E-state index contributed by atoms with van der Waals surface area (Å²) >= 11 is 0. The molecule has 5 rings (SSSR count). The van der Waals surface area contributed by atoms with Crippen LogP contribution in [0.5, 0.6) is 0 Å². The van der Waals surface area contributed by atoms with E-state index in [4.69, 9.17) is 4.74 Å². The third kappa shape index (κ3) is 3.53. The Kier molecular flexibility index (Phi) is 5.01. The first-order chi connectivity index (χ1) is 14.2. The normalized spacial score (nSPS) is 20.3. The number of amides is 2. The lowest BCUT2D eigenvalue weighted by atomic mass is 10.1. The SMILES string of the molecule is O=C(CN1CCOCC1)N1CCN(C(=O)c2cccc3c4c([nH]c23)CCC4)CC1. The van der Waals surface area contributed by atoms with Gasteiger partial charge in [0, 0.05) is 50.3 Å². The van der Waals surface area contributed by atoms with Crippen molar-refractivity contribution in [1.82, 2.24) is 19.7 Å². The van der Waals surface area contributed by atoms with Crippen molar-refractivity contribution >= 4 is 22.7 Å². The Morgan fingerprint density at radius 3 is 2.52 bits per heavy atom. The van der Waals surface area contributed by atoms with Crippen molar-refractivity contribution in [3.8, 4) is 0 Å². The molecule has 7 heteroatoms.